The van der Waals surface area contributed by atoms with E-state index in [1.165, 1.54) is 0 Å². The van der Waals surface area contributed by atoms with Crippen LogP contribution >= 0.6 is 11.6 Å². The fraction of sp³-hybridized carbons (Fsp3) is 0.273. The average molecular weight is 226 g/mol. The molecule has 1 nitrogen and oxygen atoms in total. The van der Waals surface area contributed by atoms with Gasteiger partial charge in [-0.25, -0.2) is 0 Å². The molecule has 1 rings (SSSR count). The molecular weight excluding hydrogens is 212 g/mol. The molecule has 75 valence electrons. The van der Waals surface area contributed by atoms with E-state index in [-0.39, 0.29) is 6.10 Å². The molecule has 0 aromatic heterocycles. The van der Waals surface area contributed by atoms with E-state index in [0.29, 0.717) is 0 Å². The standard InChI is InChI=1S/C11H14ClOSi/c1-4-11(13-14(2)3)9-6-5-7-10(12)8-9/h4-8,11H,1H2,2-3H3. The third-order valence-electron chi connectivity index (χ3n) is 1.75. The lowest BCUT2D eigenvalue weighted by Crippen LogP contribution is -2.12. The van der Waals surface area contributed by atoms with Crippen molar-refractivity contribution >= 4 is 20.6 Å². The molecule has 0 saturated heterocycles. The van der Waals surface area contributed by atoms with E-state index in [2.05, 4.69) is 19.7 Å². The molecule has 0 aliphatic carbocycles. The van der Waals surface area contributed by atoms with Crippen LogP contribution in [-0.4, -0.2) is 9.04 Å². The molecule has 0 bridgehead atoms. The summed E-state index contributed by atoms with van der Waals surface area (Å²) in [6, 6.07) is 7.70. The summed E-state index contributed by atoms with van der Waals surface area (Å²) in [5, 5.41) is 0.735. The highest BCUT2D eigenvalue weighted by Crippen LogP contribution is 2.22. The Morgan fingerprint density at radius 2 is 2.21 bits per heavy atom. The van der Waals surface area contributed by atoms with Crippen molar-refractivity contribution in [2.45, 2.75) is 19.2 Å². The van der Waals surface area contributed by atoms with Crippen molar-refractivity contribution in [1.82, 2.24) is 0 Å². The summed E-state index contributed by atoms with van der Waals surface area (Å²) in [6.45, 7) is 7.97. The van der Waals surface area contributed by atoms with E-state index in [1.54, 1.807) is 0 Å². The fourth-order valence-corrected chi connectivity index (χ4v) is 2.13. The van der Waals surface area contributed by atoms with Crippen molar-refractivity contribution in [2.24, 2.45) is 0 Å². The van der Waals surface area contributed by atoms with Gasteiger partial charge in [0.2, 0.25) is 9.04 Å². The van der Waals surface area contributed by atoms with Gasteiger partial charge >= 0.3 is 0 Å². The zero-order valence-corrected chi connectivity index (χ0v) is 10.2. The van der Waals surface area contributed by atoms with Crippen LogP contribution in [0.25, 0.3) is 0 Å². The minimum absolute atomic E-state index is 0.0300. The van der Waals surface area contributed by atoms with Gasteiger partial charge < -0.3 is 4.43 Å². The first-order valence-electron chi connectivity index (χ1n) is 4.48. The zero-order valence-electron chi connectivity index (χ0n) is 8.46. The van der Waals surface area contributed by atoms with E-state index in [4.69, 9.17) is 16.0 Å². The number of rotatable bonds is 4. The van der Waals surface area contributed by atoms with Crippen LogP contribution in [0.4, 0.5) is 0 Å². The first-order chi connectivity index (χ1) is 6.63. The van der Waals surface area contributed by atoms with Gasteiger partial charge in [-0.2, -0.15) is 0 Å². The van der Waals surface area contributed by atoms with E-state index in [0.717, 1.165) is 10.6 Å². The third kappa shape index (κ3) is 3.29. The molecule has 0 amide bonds. The first kappa shape index (κ1) is 11.5. The molecule has 0 heterocycles. The minimum Gasteiger partial charge on any atom is -0.407 e. The predicted octanol–water partition coefficient (Wildman–Crippen LogP) is 3.83. The van der Waals surface area contributed by atoms with Crippen molar-refractivity contribution in [2.75, 3.05) is 0 Å². The predicted molar refractivity (Wildman–Crippen MR) is 63.0 cm³/mol. The largest absolute Gasteiger partial charge is 0.407 e. The second kappa shape index (κ2) is 5.34. The van der Waals surface area contributed by atoms with Crippen LogP contribution in [0.3, 0.4) is 0 Å². The molecule has 1 radical (unpaired) electrons. The van der Waals surface area contributed by atoms with E-state index >= 15 is 0 Å². The van der Waals surface area contributed by atoms with E-state index in [1.807, 2.05) is 30.3 Å². The lowest BCUT2D eigenvalue weighted by molar-refractivity contribution is 0.261. The van der Waals surface area contributed by atoms with Crippen molar-refractivity contribution in [1.29, 1.82) is 0 Å². The van der Waals surface area contributed by atoms with Crippen LogP contribution in [0.5, 0.6) is 0 Å². The van der Waals surface area contributed by atoms with Gasteiger partial charge in [0.1, 0.15) is 0 Å². The molecular formula is C11H14ClOSi. The lowest BCUT2D eigenvalue weighted by atomic mass is 10.1. The lowest BCUT2D eigenvalue weighted by Gasteiger charge is -2.16. The van der Waals surface area contributed by atoms with Crippen molar-refractivity contribution < 1.29 is 4.43 Å². The van der Waals surface area contributed by atoms with Gasteiger partial charge in [-0.1, -0.05) is 29.8 Å². The van der Waals surface area contributed by atoms with Crippen LogP contribution in [0.1, 0.15) is 11.7 Å². The smallest absolute Gasteiger partial charge is 0.206 e. The molecule has 0 aliphatic heterocycles. The molecule has 0 N–H and O–H groups in total. The van der Waals surface area contributed by atoms with Crippen molar-refractivity contribution in [3.8, 4) is 0 Å². The normalized spacial score (nSPS) is 12.9. The minimum atomic E-state index is -0.720. The summed E-state index contributed by atoms with van der Waals surface area (Å²) in [7, 11) is -0.720. The molecule has 0 spiro atoms. The van der Waals surface area contributed by atoms with Crippen LogP contribution in [-0.2, 0) is 4.43 Å². The maximum absolute atomic E-state index is 5.90. The highest BCUT2D eigenvalue weighted by atomic mass is 35.5. The van der Waals surface area contributed by atoms with Crippen LogP contribution in [0, 0.1) is 0 Å². The maximum atomic E-state index is 5.90. The van der Waals surface area contributed by atoms with E-state index < -0.39 is 9.04 Å². The van der Waals surface area contributed by atoms with Gasteiger partial charge in [0, 0.05) is 5.02 Å². The highest BCUT2D eigenvalue weighted by molar-refractivity contribution is 6.48. The molecule has 3 heteroatoms. The molecule has 14 heavy (non-hydrogen) atoms. The van der Waals surface area contributed by atoms with Crippen LogP contribution in [0.15, 0.2) is 36.9 Å². The van der Waals surface area contributed by atoms with Gasteiger partial charge in [0.15, 0.2) is 0 Å². The average Bonchev–Trinajstić information content (AvgIpc) is 2.14. The van der Waals surface area contributed by atoms with Crippen molar-refractivity contribution in [3.63, 3.8) is 0 Å². The molecule has 1 unspecified atom stereocenters. The third-order valence-corrected chi connectivity index (χ3v) is 2.71. The Morgan fingerprint density at radius 1 is 1.50 bits per heavy atom. The van der Waals surface area contributed by atoms with Gasteiger partial charge in [-0.05, 0) is 30.8 Å². The van der Waals surface area contributed by atoms with E-state index in [9.17, 15) is 0 Å². The molecule has 1 aromatic carbocycles. The first-order valence-corrected chi connectivity index (χ1v) is 7.27. The SMILES string of the molecule is C=CC(O[Si](C)C)c1cccc(Cl)c1. The molecule has 0 fully saturated rings. The van der Waals surface area contributed by atoms with Gasteiger partial charge in [-0.15, -0.1) is 6.58 Å². The zero-order chi connectivity index (χ0) is 10.6. The highest BCUT2D eigenvalue weighted by Gasteiger charge is 2.10. The van der Waals surface area contributed by atoms with Gasteiger partial charge in [-0.3, -0.25) is 0 Å². The van der Waals surface area contributed by atoms with Crippen LogP contribution < -0.4 is 0 Å². The molecule has 0 aliphatic rings. The quantitative estimate of drug-likeness (QED) is 0.559. The number of benzene rings is 1. The number of hydrogen-bond donors (Lipinski definition) is 0. The molecule has 0 saturated carbocycles. The summed E-state index contributed by atoms with van der Waals surface area (Å²) in [4.78, 5) is 0. The summed E-state index contributed by atoms with van der Waals surface area (Å²) in [5.41, 5.74) is 1.07. The summed E-state index contributed by atoms with van der Waals surface area (Å²) < 4.78 is 5.77. The monoisotopic (exact) mass is 225 g/mol. The Kier molecular flexibility index (Phi) is 4.39. The Bertz CT molecular complexity index is 312. The number of halogens is 1. The second-order valence-corrected chi connectivity index (χ2v) is 5.73. The topological polar surface area (TPSA) is 9.23 Å². The Morgan fingerprint density at radius 3 is 2.71 bits per heavy atom. The molecule has 1 atom stereocenters. The maximum Gasteiger partial charge on any atom is 0.206 e. The molecule has 1 aromatic rings. The summed E-state index contributed by atoms with van der Waals surface area (Å²) in [6.07, 6.45) is 1.78. The summed E-state index contributed by atoms with van der Waals surface area (Å²) >= 11 is 5.90. The Hall–Kier alpha value is -0.573. The van der Waals surface area contributed by atoms with Crippen molar-refractivity contribution in [3.05, 3.63) is 47.5 Å². The van der Waals surface area contributed by atoms with Crippen LogP contribution in [0.2, 0.25) is 18.1 Å². The number of hydrogen-bond acceptors (Lipinski definition) is 1. The summed E-state index contributed by atoms with van der Waals surface area (Å²) in [5.74, 6) is 0. The van der Waals surface area contributed by atoms with Gasteiger partial charge in [0.05, 0.1) is 6.10 Å². The Balaban J connectivity index is 2.83. The second-order valence-electron chi connectivity index (χ2n) is 3.24. The fourth-order valence-electron chi connectivity index (χ4n) is 1.19. The van der Waals surface area contributed by atoms with Gasteiger partial charge in [0.25, 0.3) is 0 Å². The Labute approximate surface area is 92.1 Å².